The van der Waals surface area contributed by atoms with Crippen molar-refractivity contribution < 1.29 is 9.18 Å². The third-order valence-corrected chi connectivity index (χ3v) is 5.58. The maximum atomic E-state index is 14.0. The molecule has 142 valence electrons. The molecule has 0 aliphatic carbocycles. The van der Waals surface area contributed by atoms with Crippen molar-refractivity contribution in [3.8, 4) is 0 Å². The second kappa shape index (κ2) is 7.94. The van der Waals surface area contributed by atoms with Gasteiger partial charge < -0.3 is 14.7 Å². The van der Waals surface area contributed by atoms with E-state index in [0.717, 1.165) is 31.6 Å². The zero-order valence-electron chi connectivity index (χ0n) is 15.4. The van der Waals surface area contributed by atoms with Crippen LogP contribution in [0.2, 0.25) is 0 Å². The van der Waals surface area contributed by atoms with Crippen molar-refractivity contribution >= 4 is 17.3 Å². The van der Waals surface area contributed by atoms with Crippen LogP contribution in [0.15, 0.2) is 48.8 Å². The van der Waals surface area contributed by atoms with Gasteiger partial charge in [0.25, 0.3) is 0 Å². The first-order chi connectivity index (χ1) is 13.2. The van der Waals surface area contributed by atoms with E-state index in [9.17, 15) is 9.18 Å². The molecule has 0 radical (unpaired) electrons. The molecule has 1 atom stereocenters. The van der Waals surface area contributed by atoms with Crippen LogP contribution in [-0.4, -0.2) is 55.1 Å². The molecule has 1 aromatic heterocycles. The molecule has 27 heavy (non-hydrogen) atoms. The summed E-state index contributed by atoms with van der Waals surface area (Å²) in [4.78, 5) is 23.4. The quantitative estimate of drug-likeness (QED) is 0.835. The second-order valence-electron chi connectivity index (χ2n) is 7.25. The van der Waals surface area contributed by atoms with Gasteiger partial charge in [-0.2, -0.15) is 0 Å². The average molecular weight is 368 g/mol. The Morgan fingerprint density at radius 3 is 2.44 bits per heavy atom. The van der Waals surface area contributed by atoms with Crippen molar-refractivity contribution in [2.75, 3.05) is 49.1 Å². The third kappa shape index (κ3) is 3.89. The summed E-state index contributed by atoms with van der Waals surface area (Å²) in [5.74, 6) is 0.0754. The number of benzene rings is 1. The van der Waals surface area contributed by atoms with Gasteiger partial charge in [0.1, 0.15) is 5.82 Å². The number of para-hydroxylation sites is 1. The molecule has 6 heteroatoms. The zero-order chi connectivity index (χ0) is 18.6. The zero-order valence-corrected chi connectivity index (χ0v) is 15.4. The van der Waals surface area contributed by atoms with E-state index in [1.807, 2.05) is 28.0 Å². The fourth-order valence-corrected chi connectivity index (χ4v) is 4.10. The second-order valence-corrected chi connectivity index (χ2v) is 7.25. The molecule has 2 fully saturated rings. The number of aromatic nitrogens is 1. The summed E-state index contributed by atoms with van der Waals surface area (Å²) in [7, 11) is 0. The Kier molecular flexibility index (Phi) is 5.23. The monoisotopic (exact) mass is 368 g/mol. The topological polar surface area (TPSA) is 39.7 Å². The highest BCUT2D eigenvalue weighted by Gasteiger charge is 2.31. The highest BCUT2D eigenvalue weighted by atomic mass is 19.1. The van der Waals surface area contributed by atoms with Gasteiger partial charge in [0.2, 0.25) is 5.91 Å². The predicted molar refractivity (Wildman–Crippen MR) is 104 cm³/mol. The van der Waals surface area contributed by atoms with Gasteiger partial charge in [-0.25, -0.2) is 4.39 Å². The fourth-order valence-electron chi connectivity index (χ4n) is 4.10. The smallest absolute Gasteiger partial charge is 0.227 e. The van der Waals surface area contributed by atoms with Gasteiger partial charge in [-0.15, -0.1) is 0 Å². The summed E-state index contributed by atoms with van der Waals surface area (Å²) < 4.78 is 14.0. The van der Waals surface area contributed by atoms with E-state index >= 15 is 0 Å². The molecule has 1 amide bonds. The summed E-state index contributed by atoms with van der Waals surface area (Å²) in [5.41, 5.74) is 1.76. The van der Waals surface area contributed by atoms with Crippen LogP contribution in [0.1, 0.15) is 12.8 Å². The van der Waals surface area contributed by atoms with Gasteiger partial charge >= 0.3 is 0 Å². The number of piperazine rings is 1. The van der Waals surface area contributed by atoms with Crippen molar-refractivity contribution in [3.63, 3.8) is 0 Å². The Labute approximate surface area is 159 Å². The summed E-state index contributed by atoms with van der Waals surface area (Å²) in [6.07, 6.45) is 5.55. The number of carbonyl (C=O) groups is 1. The number of halogens is 1. The standard InChI is InChI=1S/C21H25FN4O/c22-19-5-1-2-6-20(19)24-12-14-25(15-13-24)21(27)17-4-3-11-26(16-17)18-7-9-23-10-8-18/h1-2,5-10,17H,3-4,11-16H2. The molecule has 2 aliphatic rings. The molecule has 2 aliphatic heterocycles. The lowest BCUT2D eigenvalue weighted by atomic mass is 9.95. The molecule has 0 spiro atoms. The number of piperidine rings is 1. The number of hydrogen-bond acceptors (Lipinski definition) is 4. The Morgan fingerprint density at radius 2 is 1.70 bits per heavy atom. The Balaban J connectivity index is 1.36. The number of carbonyl (C=O) groups excluding carboxylic acids is 1. The number of hydrogen-bond donors (Lipinski definition) is 0. The molecular weight excluding hydrogens is 343 g/mol. The van der Waals surface area contributed by atoms with Crippen LogP contribution in [0.25, 0.3) is 0 Å². The van der Waals surface area contributed by atoms with E-state index in [-0.39, 0.29) is 17.6 Å². The van der Waals surface area contributed by atoms with Crippen molar-refractivity contribution in [1.29, 1.82) is 0 Å². The number of amides is 1. The minimum Gasteiger partial charge on any atom is -0.371 e. The Morgan fingerprint density at radius 1 is 0.963 bits per heavy atom. The predicted octanol–water partition coefficient (Wildman–Crippen LogP) is 2.79. The molecule has 2 aromatic rings. The van der Waals surface area contributed by atoms with Gasteiger partial charge in [-0.05, 0) is 37.1 Å². The number of anilines is 2. The molecule has 1 aromatic carbocycles. The lowest BCUT2D eigenvalue weighted by Crippen LogP contribution is -2.52. The summed E-state index contributed by atoms with van der Waals surface area (Å²) in [5, 5.41) is 0. The van der Waals surface area contributed by atoms with Crippen molar-refractivity contribution in [1.82, 2.24) is 9.88 Å². The minimum atomic E-state index is -0.197. The molecule has 3 heterocycles. The molecule has 4 rings (SSSR count). The molecule has 0 bridgehead atoms. The fraction of sp³-hybridized carbons (Fsp3) is 0.429. The van der Waals surface area contributed by atoms with Crippen LogP contribution in [0.3, 0.4) is 0 Å². The van der Waals surface area contributed by atoms with E-state index in [0.29, 0.717) is 31.9 Å². The molecular formula is C21H25FN4O. The van der Waals surface area contributed by atoms with Crippen LogP contribution in [0.5, 0.6) is 0 Å². The SMILES string of the molecule is O=C(C1CCCN(c2ccncc2)C1)N1CCN(c2ccccc2F)CC1. The number of nitrogens with zero attached hydrogens (tertiary/aromatic N) is 4. The van der Waals surface area contributed by atoms with Crippen LogP contribution >= 0.6 is 0 Å². The summed E-state index contributed by atoms with van der Waals surface area (Å²) >= 11 is 0. The lowest BCUT2D eigenvalue weighted by Gasteiger charge is -2.40. The summed E-state index contributed by atoms with van der Waals surface area (Å²) in [6, 6.07) is 10.9. The molecule has 0 saturated carbocycles. The highest BCUT2D eigenvalue weighted by Crippen LogP contribution is 2.25. The van der Waals surface area contributed by atoms with Crippen LogP contribution in [0.4, 0.5) is 15.8 Å². The molecule has 2 saturated heterocycles. The van der Waals surface area contributed by atoms with Gasteiger partial charge in [0.15, 0.2) is 0 Å². The maximum absolute atomic E-state index is 14.0. The van der Waals surface area contributed by atoms with Gasteiger partial charge in [-0.3, -0.25) is 9.78 Å². The average Bonchev–Trinajstić information content (AvgIpc) is 2.74. The van der Waals surface area contributed by atoms with Crippen molar-refractivity contribution in [3.05, 3.63) is 54.6 Å². The van der Waals surface area contributed by atoms with Crippen LogP contribution < -0.4 is 9.80 Å². The summed E-state index contributed by atoms with van der Waals surface area (Å²) in [6.45, 7) is 4.39. The van der Waals surface area contributed by atoms with E-state index in [1.54, 1.807) is 24.5 Å². The maximum Gasteiger partial charge on any atom is 0.227 e. The highest BCUT2D eigenvalue weighted by molar-refractivity contribution is 5.80. The van der Waals surface area contributed by atoms with E-state index in [4.69, 9.17) is 0 Å². The third-order valence-electron chi connectivity index (χ3n) is 5.58. The first-order valence-corrected chi connectivity index (χ1v) is 9.65. The minimum absolute atomic E-state index is 0.0342. The largest absolute Gasteiger partial charge is 0.371 e. The first-order valence-electron chi connectivity index (χ1n) is 9.65. The molecule has 0 N–H and O–H groups in total. The van der Waals surface area contributed by atoms with Crippen LogP contribution in [0, 0.1) is 11.7 Å². The van der Waals surface area contributed by atoms with Gasteiger partial charge in [-0.1, -0.05) is 12.1 Å². The van der Waals surface area contributed by atoms with Gasteiger partial charge in [0.05, 0.1) is 11.6 Å². The van der Waals surface area contributed by atoms with Crippen LogP contribution in [-0.2, 0) is 4.79 Å². The van der Waals surface area contributed by atoms with E-state index < -0.39 is 0 Å². The van der Waals surface area contributed by atoms with E-state index in [1.165, 1.54) is 6.07 Å². The first kappa shape index (κ1) is 17.8. The Bertz CT molecular complexity index is 777. The van der Waals surface area contributed by atoms with Crippen molar-refractivity contribution in [2.45, 2.75) is 12.8 Å². The van der Waals surface area contributed by atoms with Crippen molar-refractivity contribution in [2.24, 2.45) is 5.92 Å². The molecule has 5 nitrogen and oxygen atoms in total. The molecule has 1 unspecified atom stereocenters. The Hall–Kier alpha value is -2.63. The number of pyridine rings is 1. The van der Waals surface area contributed by atoms with Gasteiger partial charge in [0, 0.05) is 57.3 Å². The van der Waals surface area contributed by atoms with E-state index in [2.05, 4.69) is 9.88 Å². The lowest BCUT2D eigenvalue weighted by molar-refractivity contribution is -0.136. The normalized spacial score (nSPS) is 20.6. The number of rotatable bonds is 3.